The van der Waals surface area contributed by atoms with Crippen LogP contribution in [0.4, 0.5) is 5.69 Å². The van der Waals surface area contributed by atoms with Gasteiger partial charge in [0.15, 0.2) is 0 Å². The van der Waals surface area contributed by atoms with Crippen molar-refractivity contribution >= 4 is 34.9 Å². The second-order valence-corrected chi connectivity index (χ2v) is 5.92. The largest absolute Gasteiger partial charge is 0.478 e. The first-order valence-electron chi connectivity index (χ1n) is 6.62. The van der Waals surface area contributed by atoms with Crippen LogP contribution in [-0.2, 0) is 6.42 Å². The number of benzene rings is 2. The average Bonchev–Trinajstić information content (AvgIpc) is 2.46. The van der Waals surface area contributed by atoms with Gasteiger partial charge in [0, 0.05) is 15.7 Å². The van der Waals surface area contributed by atoms with E-state index in [1.807, 2.05) is 18.2 Å². The predicted molar refractivity (Wildman–Crippen MR) is 84.5 cm³/mol. The van der Waals surface area contributed by atoms with E-state index in [1.54, 1.807) is 18.2 Å². The number of halogens is 2. The van der Waals surface area contributed by atoms with Crippen LogP contribution < -0.4 is 5.32 Å². The van der Waals surface area contributed by atoms with Crippen molar-refractivity contribution in [2.45, 2.75) is 18.9 Å². The van der Waals surface area contributed by atoms with E-state index in [1.165, 1.54) is 0 Å². The number of hydrogen-bond donors (Lipinski definition) is 2. The molecule has 0 saturated heterocycles. The van der Waals surface area contributed by atoms with Crippen molar-refractivity contribution in [2.75, 3.05) is 5.32 Å². The maximum Gasteiger partial charge on any atom is 0.335 e. The molecule has 3 nitrogen and oxygen atoms in total. The molecule has 0 unspecified atom stereocenters. The molecule has 0 spiro atoms. The molecular weight excluding hydrogens is 309 g/mol. The second kappa shape index (κ2) is 5.58. The van der Waals surface area contributed by atoms with E-state index in [9.17, 15) is 4.79 Å². The molecule has 0 radical (unpaired) electrons. The molecule has 0 bridgehead atoms. The third-order valence-electron chi connectivity index (χ3n) is 3.72. The summed E-state index contributed by atoms with van der Waals surface area (Å²) in [6.07, 6.45) is 1.67. The molecule has 1 aliphatic rings. The van der Waals surface area contributed by atoms with Gasteiger partial charge in [-0.05, 0) is 54.3 Å². The minimum absolute atomic E-state index is 0.109. The molecule has 1 atom stereocenters. The summed E-state index contributed by atoms with van der Waals surface area (Å²) in [5.74, 6) is -0.902. The summed E-state index contributed by atoms with van der Waals surface area (Å²) in [7, 11) is 0. The molecule has 1 heterocycles. The number of nitrogens with one attached hydrogen (secondary N) is 1. The quantitative estimate of drug-likeness (QED) is 0.836. The van der Waals surface area contributed by atoms with Crippen molar-refractivity contribution in [1.29, 1.82) is 0 Å². The number of carbonyl (C=O) groups is 1. The summed E-state index contributed by atoms with van der Waals surface area (Å²) >= 11 is 12.2. The fourth-order valence-corrected chi connectivity index (χ4v) is 3.19. The maximum absolute atomic E-state index is 11.0. The predicted octanol–water partition coefficient (Wildman–Crippen LogP) is 4.79. The number of carboxylic acids is 1. The summed E-state index contributed by atoms with van der Waals surface area (Å²) in [6.45, 7) is 0. The molecule has 1 aliphatic heterocycles. The Morgan fingerprint density at radius 3 is 2.71 bits per heavy atom. The fraction of sp³-hybridized carbons (Fsp3) is 0.188. The third-order valence-corrected chi connectivity index (χ3v) is 4.28. The summed E-state index contributed by atoms with van der Waals surface area (Å²) < 4.78 is 0. The van der Waals surface area contributed by atoms with Crippen LogP contribution in [0.25, 0.3) is 0 Å². The van der Waals surface area contributed by atoms with E-state index in [4.69, 9.17) is 28.3 Å². The lowest BCUT2D eigenvalue weighted by Gasteiger charge is -2.28. The molecule has 0 saturated carbocycles. The zero-order valence-corrected chi connectivity index (χ0v) is 12.6. The Labute approximate surface area is 132 Å². The number of carboxylic acid groups (broad SMARTS) is 1. The first-order valence-corrected chi connectivity index (χ1v) is 7.38. The van der Waals surface area contributed by atoms with E-state index in [0.717, 1.165) is 29.7 Å². The van der Waals surface area contributed by atoms with Gasteiger partial charge >= 0.3 is 5.97 Å². The number of hydrogen-bond acceptors (Lipinski definition) is 2. The van der Waals surface area contributed by atoms with Crippen molar-refractivity contribution in [3.05, 3.63) is 63.1 Å². The van der Waals surface area contributed by atoms with Crippen LogP contribution in [0.3, 0.4) is 0 Å². The lowest BCUT2D eigenvalue weighted by molar-refractivity contribution is 0.0697. The smallest absolute Gasteiger partial charge is 0.335 e. The molecule has 2 aromatic rings. The minimum atomic E-state index is -0.902. The minimum Gasteiger partial charge on any atom is -0.478 e. The Morgan fingerprint density at radius 1 is 1.19 bits per heavy atom. The maximum atomic E-state index is 11.0. The zero-order chi connectivity index (χ0) is 15.0. The van der Waals surface area contributed by atoms with Gasteiger partial charge in [0.05, 0.1) is 11.6 Å². The van der Waals surface area contributed by atoms with Gasteiger partial charge in [-0.1, -0.05) is 29.3 Å². The van der Waals surface area contributed by atoms with Crippen molar-refractivity contribution in [3.63, 3.8) is 0 Å². The summed E-state index contributed by atoms with van der Waals surface area (Å²) in [5, 5.41) is 13.7. The topological polar surface area (TPSA) is 49.3 Å². The van der Waals surface area contributed by atoms with Crippen molar-refractivity contribution in [1.82, 2.24) is 0 Å². The molecular formula is C16H13Cl2NO2. The highest BCUT2D eigenvalue weighted by atomic mass is 35.5. The van der Waals surface area contributed by atoms with Crippen LogP contribution in [0.15, 0.2) is 36.4 Å². The number of anilines is 1. The molecule has 2 N–H and O–H groups in total. The van der Waals surface area contributed by atoms with Crippen LogP contribution in [0.5, 0.6) is 0 Å². The molecule has 0 aliphatic carbocycles. The van der Waals surface area contributed by atoms with E-state index < -0.39 is 5.97 Å². The van der Waals surface area contributed by atoms with Crippen LogP contribution in [0.1, 0.15) is 33.9 Å². The summed E-state index contributed by atoms with van der Waals surface area (Å²) in [5.41, 5.74) is 3.31. The van der Waals surface area contributed by atoms with Crippen molar-refractivity contribution < 1.29 is 9.90 Å². The first kappa shape index (κ1) is 14.2. The van der Waals surface area contributed by atoms with Crippen molar-refractivity contribution in [2.24, 2.45) is 0 Å². The Bertz CT molecular complexity index is 715. The molecule has 0 fully saturated rings. The number of rotatable bonds is 2. The first-order chi connectivity index (χ1) is 10.0. The second-order valence-electron chi connectivity index (χ2n) is 5.08. The highest BCUT2D eigenvalue weighted by Gasteiger charge is 2.22. The number of aryl methyl sites for hydroxylation is 1. The highest BCUT2D eigenvalue weighted by molar-refractivity contribution is 6.35. The van der Waals surface area contributed by atoms with E-state index in [2.05, 4.69) is 5.32 Å². The van der Waals surface area contributed by atoms with Gasteiger partial charge in [-0.2, -0.15) is 0 Å². The molecule has 21 heavy (non-hydrogen) atoms. The van der Waals surface area contributed by atoms with Gasteiger partial charge in [-0.25, -0.2) is 4.79 Å². The molecule has 108 valence electrons. The molecule has 3 rings (SSSR count). The Kier molecular flexibility index (Phi) is 3.79. The average molecular weight is 322 g/mol. The summed E-state index contributed by atoms with van der Waals surface area (Å²) in [6, 6.07) is 10.8. The lowest BCUT2D eigenvalue weighted by atomic mass is 9.92. The van der Waals surface area contributed by atoms with Crippen LogP contribution in [-0.4, -0.2) is 11.1 Å². The highest BCUT2D eigenvalue weighted by Crippen LogP contribution is 2.36. The molecule has 0 aromatic heterocycles. The summed E-state index contributed by atoms with van der Waals surface area (Å²) in [4.78, 5) is 11.0. The van der Waals surface area contributed by atoms with Gasteiger partial charge < -0.3 is 10.4 Å². The molecule has 2 aromatic carbocycles. The van der Waals surface area contributed by atoms with Gasteiger partial charge in [-0.15, -0.1) is 0 Å². The third kappa shape index (κ3) is 2.85. The monoisotopic (exact) mass is 321 g/mol. The Morgan fingerprint density at radius 2 is 2.00 bits per heavy atom. The standard InChI is InChI=1S/C16H13Cl2NO2/c17-11-3-4-12(13(18)8-11)15-6-1-9-7-10(16(20)21)2-5-14(9)19-15/h2-5,7-8,15,19H,1,6H2,(H,20,21)/t15-/m0/s1. The Balaban J connectivity index is 1.89. The Hall–Kier alpha value is -1.71. The van der Waals surface area contributed by atoms with E-state index >= 15 is 0 Å². The van der Waals surface area contributed by atoms with E-state index in [-0.39, 0.29) is 6.04 Å². The van der Waals surface area contributed by atoms with E-state index in [0.29, 0.717) is 15.6 Å². The fourth-order valence-electron chi connectivity index (χ4n) is 2.65. The van der Waals surface area contributed by atoms with Gasteiger partial charge in [0.25, 0.3) is 0 Å². The van der Waals surface area contributed by atoms with Crippen LogP contribution >= 0.6 is 23.2 Å². The molecule has 0 amide bonds. The van der Waals surface area contributed by atoms with Crippen LogP contribution in [0.2, 0.25) is 10.0 Å². The van der Waals surface area contributed by atoms with Gasteiger partial charge in [0.2, 0.25) is 0 Å². The van der Waals surface area contributed by atoms with Gasteiger partial charge in [-0.3, -0.25) is 0 Å². The molecule has 5 heteroatoms. The normalized spacial score (nSPS) is 17.0. The lowest BCUT2D eigenvalue weighted by Crippen LogP contribution is -2.18. The van der Waals surface area contributed by atoms with Crippen molar-refractivity contribution in [3.8, 4) is 0 Å². The number of fused-ring (bicyclic) bond motifs is 1. The SMILES string of the molecule is O=C(O)c1ccc2c(c1)CC[C@@H](c1ccc(Cl)cc1Cl)N2. The number of aromatic carboxylic acids is 1. The van der Waals surface area contributed by atoms with Gasteiger partial charge in [0.1, 0.15) is 0 Å². The van der Waals surface area contributed by atoms with Crippen LogP contribution in [0, 0.1) is 0 Å². The zero-order valence-electron chi connectivity index (χ0n) is 11.1.